The summed E-state index contributed by atoms with van der Waals surface area (Å²) >= 11 is 0. The van der Waals surface area contributed by atoms with Crippen molar-refractivity contribution in [3.05, 3.63) is 53.1 Å². The average molecular weight is 433 g/mol. The molecule has 0 atom stereocenters. The van der Waals surface area contributed by atoms with Crippen LogP contribution < -0.4 is 5.32 Å². The quantitative estimate of drug-likeness (QED) is 0.465. The van der Waals surface area contributed by atoms with E-state index in [0.717, 1.165) is 11.1 Å². The van der Waals surface area contributed by atoms with Crippen LogP contribution in [-0.2, 0) is 14.8 Å². The van der Waals surface area contributed by atoms with Crippen LogP contribution >= 0.6 is 0 Å². The van der Waals surface area contributed by atoms with Crippen molar-refractivity contribution < 1.29 is 23.1 Å². The van der Waals surface area contributed by atoms with Gasteiger partial charge in [0.1, 0.15) is 5.75 Å². The lowest BCUT2D eigenvalue weighted by atomic mass is 10.0. The Morgan fingerprint density at radius 3 is 2.23 bits per heavy atom. The highest BCUT2D eigenvalue weighted by atomic mass is 32.2. The topological polar surface area (TPSA) is 104 Å². The maximum atomic E-state index is 12.7. The number of carbonyl (C=O) groups excluding carboxylic acids is 2. The van der Waals surface area contributed by atoms with E-state index in [1.807, 2.05) is 19.9 Å². The molecule has 0 saturated carbocycles. The molecule has 2 rings (SSSR count). The number of phenolic OH excluding ortho intramolecular Hbond substituents is 1. The minimum atomic E-state index is -3.73. The first-order chi connectivity index (χ1) is 14.1. The second-order valence-electron chi connectivity index (χ2n) is 7.04. The lowest BCUT2D eigenvalue weighted by Gasteiger charge is -2.19. The standard InChI is InChI=1S/C22H28N2O5S/c1-5-24(6-2)30(28,29)18-9-10-21(26)19(14-18)23-22(27)12-11-20(25)17-8-7-15(3)16(4)13-17/h7-10,13-14,26H,5-6,11-12H2,1-4H3,(H,23,27). The van der Waals surface area contributed by atoms with Crippen molar-refractivity contribution in [2.45, 2.75) is 45.4 Å². The zero-order chi connectivity index (χ0) is 22.5. The summed E-state index contributed by atoms with van der Waals surface area (Å²) in [6, 6.07) is 9.14. The molecule has 30 heavy (non-hydrogen) atoms. The summed E-state index contributed by atoms with van der Waals surface area (Å²) in [5, 5.41) is 12.5. The predicted molar refractivity (Wildman–Crippen MR) is 116 cm³/mol. The molecule has 2 N–H and O–H groups in total. The Morgan fingerprint density at radius 2 is 1.63 bits per heavy atom. The predicted octanol–water partition coefficient (Wildman–Crippen LogP) is 3.64. The number of amides is 1. The maximum absolute atomic E-state index is 12.7. The third kappa shape index (κ3) is 5.46. The first-order valence-electron chi connectivity index (χ1n) is 9.83. The van der Waals surface area contributed by atoms with Crippen molar-refractivity contribution in [2.75, 3.05) is 18.4 Å². The molecule has 0 spiro atoms. The van der Waals surface area contributed by atoms with Gasteiger partial charge in [-0.3, -0.25) is 9.59 Å². The van der Waals surface area contributed by atoms with Gasteiger partial charge in [-0.2, -0.15) is 4.31 Å². The molecule has 0 aliphatic carbocycles. The van der Waals surface area contributed by atoms with Crippen molar-refractivity contribution in [1.82, 2.24) is 4.31 Å². The Balaban J connectivity index is 2.09. The number of nitrogens with zero attached hydrogens (tertiary/aromatic N) is 1. The van der Waals surface area contributed by atoms with Gasteiger partial charge in [0.15, 0.2) is 5.78 Å². The number of carbonyl (C=O) groups is 2. The molecule has 0 unspecified atom stereocenters. The van der Waals surface area contributed by atoms with Crippen molar-refractivity contribution in [3.8, 4) is 5.75 Å². The van der Waals surface area contributed by atoms with Crippen LogP contribution in [0.3, 0.4) is 0 Å². The molecule has 0 saturated heterocycles. The van der Waals surface area contributed by atoms with E-state index in [1.165, 1.54) is 22.5 Å². The van der Waals surface area contributed by atoms with Gasteiger partial charge in [0.2, 0.25) is 15.9 Å². The fourth-order valence-corrected chi connectivity index (χ4v) is 4.47. The molecule has 0 aliphatic rings. The van der Waals surface area contributed by atoms with Crippen LogP contribution in [0.1, 0.15) is 48.2 Å². The molecule has 0 aliphatic heterocycles. The number of phenols is 1. The molecule has 2 aromatic carbocycles. The normalized spacial score (nSPS) is 11.5. The van der Waals surface area contributed by atoms with Crippen molar-refractivity contribution in [3.63, 3.8) is 0 Å². The van der Waals surface area contributed by atoms with Crippen LogP contribution in [0.25, 0.3) is 0 Å². The second-order valence-corrected chi connectivity index (χ2v) is 8.98. The van der Waals surface area contributed by atoms with Crippen LogP contribution in [0.4, 0.5) is 5.69 Å². The van der Waals surface area contributed by atoms with Crippen LogP contribution in [0.5, 0.6) is 5.75 Å². The van der Waals surface area contributed by atoms with E-state index in [1.54, 1.807) is 26.0 Å². The molecule has 7 nitrogen and oxygen atoms in total. The zero-order valence-corrected chi connectivity index (χ0v) is 18.5. The minimum absolute atomic E-state index is 0.00648. The Hall–Kier alpha value is -2.71. The van der Waals surface area contributed by atoms with Crippen LogP contribution in [0.2, 0.25) is 0 Å². The van der Waals surface area contributed by atoms with E-state index in [4.69, 9.17) is 0 Å². The smallest absolute Gasteiger partial charge is 0.243 e. The lowest BCUT2D eigenvalue weighted by molar-refractivity contribution is -0.116. The summed E-state index contributed by atoms with van der Waals surface area (Å²) in [5.74, 6) is -0.891. The molecular weight excluding hydrogens is 404 g/mol. The Kier molecular flexibility index (Phi) is 7.75. The van der Waals surface area contributed by atoms with Gasteiger partial charge in [0.25, 0.3) is 0 Å². The SMILES string of the molecule is CCN(CC)S(=O)(=O)c1ccc(O)c(NC(=O)CCC(=O)c2ccc(C)c(C)c2)c1. The molecule has 0 fully saturated rings. The monoisotopic (exact) mass is 432 g/mol. The van der Waals surface area contributed by atoms with Gasteiger partial charge in [-0.25, -0.2) is 8.42 Å². The minimum Gasteiger partial charge on any atom is -0.506 e. The summed E-state index contributed by atoms with van der Waals surface area (Å²) < 4.78 is 26.6. The van der Waals surface area contributed by atoms with Gasteiger partial charge in [-0.15, -0.1) is 0 Å². The molecule has 2 aromatic rings. The molecule has 8 heteroatoms. The number of anilines is 1. The number of aromatic hydroxyl groups is 1. The van der Waals surface area contributed by atoms with Gasteiger partial charge in [0.05, 0.1) is 10.6 Å². The van der Waals surface area contributed by atoms with Crippen LogP contribution in [0.15, 0.2) is 41.3 Å². The fourth-order valence-electron chi connectivity index (χ4n) is 2.99. The second kappa shape index (κ2) is 9.86. The highest BCUT2D eigenvalue weighted by molar-refractivity contribution is 7.89. The summed E-state index contributed by atoms with van der Waals surface area (Å²) in [4.78, 5) is 24.6. The third-order valence-electron chi connectivity index (χ3n) is 4.99. The number of aryl methyl sites for hydroxylation is 2. The summed E-state index contributed by atoms with van der Waals surface area (Å²) in [6.07, 6.45) is -0.0786. The number of sulfonamides is 1. The summed E-state index contributed by atoms with van der Waals surface area (Å²) in [7, 11) is -3.73. The van der Waals surface area contributed by atoms with Crippen molar-refractivity contribution in [1.29, 1.82) is 0 Å². The molecule has 0 aromatic heterocycles. The first kappa shape index (κ1) is 23.6. The van der Waals surface area contributed by atoms with Gasteiger partial charge >= 0.3 is 0 Å². The largest absolute Gasteiger partial charge is 0.506 e. The van der Waals surface area contributed by atoms with Crippen molar-refractivity contribution in [2.24, 2.45) is 0 Å². The van der Waals surface area contributed by atoms with E-state index in [0.29, 0.717) is 18.7 Å². The number of hydrogen-bond acceptors (Lipinski definition) is 5. The number of ketones is 1. The molecular formula is C22H28N2O5S. The molecule has 0 bridgehead atoms. The molecule has 0 heterocycles. The highest BCUT2D eigenvalue weighted by Gasteiger charge is 2.23. The van der Waals surface area contributed by atoms with Gasteiger partial charge in [-0.05, 0) is 49.2 Å². The molecule has 1 amide bonds. The number of Topliss-reactive ketones (excluding diaryl/α,β-unsaturated/α-hetero) is 1. The summed E-state index contributed by atoms with van der Waals surface area (Å²) in [6.45, 7) is 7.95. The number of rotatable bonds is 9. The van der Waals surface area contributed by atoms with E-state index in [2.05, 4.69) is 5.32 Å². The average Bonchev–Trinajstić information content (AvgIpc) is 2.70. The zero-order valence-electron chi connectivity index (χ0n) is 17.7. The van der Waals surface area contributed by atoms with Crippen LogP contribution in [-0.4, -0.2) is 42.6 Å². The summed E-state index contributed by atoms with van der Waals surface area (Å²) in [5.41, 5.74) is 2.62. The van der Waals surface area contributed by atoms with E-state index in [-0.39, 0.29) is 35.0 Å². The number of hydrogen-bond donors (Lipinski definition) is 2. The van der Waals surface area contributed by atoms with Gasteiger partial charge in [-0.1, -0.05) is 26.0 Å². The van der Waals surface area contributed by atoms with Gasteiger partial charge in [0, 0.05) is 31.5 Å². The molecule has 0 radical (unpaired) electrons. The Bertz CT molecular complexity index is 1040. The van der Waals surface area contributed by atoms with E-state index >= 15 is 0 Å². The Labute approximate surface area is 177 Å². The van der Waals surface area contributed by atoms with Crippen LogP contribution in [0, 0.1) is 13.8 Å². The van der Waals surface area contributed by atoms with E-state index in [9.17, 15) is 23.1 Å². The van der Waals surface area contributed by atoms with Crippen molar-refractivity contribution >= 4 is 27.4 Å². The number of nitrogens with one attached hydrogen (secondary N) is 1. The highest BCUT2D eigenvalue weighted by Crippen LogP contribution is 2.28. The maximum Gasteiger partial charge on any atom is 0.243 e. The molecule has 162 valence electrons. The lowest BCUT2D eigenvalue weighted by Crippen LogP contribution is -2.30. The number of benzene rings is 2. The van der Waals surface area contributed by atoms with E-state index < -0.39 is 15.9 Å². The first-order valence-corrected chi connectivity index (χ1v) is 11.3. The third-order valence-corrected chi connectivity index (χ3v) is 7.04. The van der Waals surface area contributed by atoms with Gasteiger partial charge < -0.3 is 10.4 Å². The fraction of sp³-hybridized carbons (Fsp3) is 0.364. The Morgan fingerprint density at radius 1 is 0.967 bits per heavy atom.